The molecule has 0 amide bonds. The van der Waals surface area contributed by atoms with Gasteiger partial charge in [-0.2, -0.15) is 0 Å². The van der Waals surface area contributed by atoms with Crippen LogP contribution in [0, 0.1) is 6.92 Å². The van der Waals surface area contributed by atoms with Gasteiger partial charge in [-0.05, 0) is 60.0 Å². The second-order valence-electron chi connectivity index (χ2n) is 7.59. The van der Waals surface area contributed by atoms with Crippen LogP contribution in [0.3, 0.4) is 0 Å². The lowest BCUT2D eigenvalue weighted by atomic mass is 9.99. The van der Waals surface area contributed by atoms with Gasteiger partial charge in [0.15, 0.2) is 11.5 Å². The monoisotopic (exact) mass is 460 g/mol. The Bertz CT molecular complexity index is 1400. The molecular weight excluding hydrogens is 436 g/mol. The highest BCUT2D eigenvalue weighted by atomic mass is 16.5. The predicted octanol–water partition coefficient (Wildman–Crippen LogP) is 5.15. The summed E-state index contributed by atoms with van der Waals surface area (Å²) in [6.45, 7) is 2.18. The molecule has 174 valence electrons. The Hall–Kier alpha value is -4.26. The van der Waals surface area contributed by atoms with Crippen LogP contribution in [0.1, 0.15) is 21.5 Å². The first kappa shape index (κ1) is 22.9. The molecule has 0 bridgehead atoms. The van der Waals surface area contributed by atoms with E-state index in [1.54, 1.807) is 62.8 Å². The normalized spacial score (nSPS) is 10.7. The van der Waals surface area contributed by atoms with Gasteiger partial charge in [0.1, 0.15) is 17.9 Å². The molecule has 0 aliphatic heterocycles. The summed E-state index contributed by atoms with van der Waals surface area (Å²) in [7, 11) is 4.45. The fourth-order valence-electron chi connectivity index (χ4n) is 3.77. The molecule has 1 heterocycles. The lowest BCUT2D eigenvalue weighted by Crippen LogP contribution is -2.06. The van der Waals surface area contributed by atoms with Gasteiger partial charge in [-0.25, -0.2) is 9.59 Å². The van der Waals surface area contributed by atoms with E-state index in [-0.39, 0.29) is 5.97 Å². The lowest BCUT2D eigenvalue weighted by molar-refractivity contribution is 0.0600. The highest BCUT2D eigenvalue weighted by Gasteiger charge is 2.16. The molecule has 4 aromatic rings. The zero-order valence-electron chi connectivity index (χ0n) is 19.3. The zero-order chi connectivity index (χ0) is 24.2. The van der Waals surface area contributed by atoms with E-state index >= 15 is 0 Å². The van der Waals surface area contributed by atoms with Crippen molar-refractivity contribution in [2.45, 2.75) is 13.5 Å². The third-order valence-corrected chi connectivity index (χ3v) is 5.59. The van der Waals surface area contributed by atoms with E-state index in [1.165, 1.54) is 7.11 Å². The van der Waals surface area contributed by atoms with Gasteiger partial charge in [-0.1, -0.05) is 18.2 Å². The molecule has 0 saturated heterocycles. The number of hydrogen-bond acceptors (Lipinski definition) is 7. The molecule has 0 aliphatic carbocycles. The summed E-state index contributed by atoms with van der Waals surface area (Å²) < 4.78 is 26.9. The van der Waals surface area contributed by atoms with Crippen molar-refractivity contribution in [3.05, 3.63) is 87.8 Å². The van der Waals surface area contributed by atoms with Gasteiger partial charge in [0.05, 0.1) is 32.5 Å². The molecule has 0 aliphatic rings. The fraction of sp³-hybridized carbons (Fsp3) is 0.185. The fourth-order valence-corrected chi connectivity index (χ4v) is 3.77. The van der Waals surface area contributed by atoms with Crippen molar-refractivity contribution in [2.24, 2.45) is 0 Å². The maximum atomic E-state index is 12.9. The molecule has 0 radical (unpaired) electrons. The van der Waals surface area contributed by atoms with Crippen LogP contribution >= 0.6 is 0 Å². The SMILES string of the molecule is COC(=O)c1ccc(COc2ccc3c(C)c(-c4ccc(OC)c(OC)c4)c(=O)oc3c2)cc1. The number of hydrogen-bond donors (Lipinski definition) is 0. The zero-order valence-corrected chi connectivity index (χ0v) is 19.3. The van der Waals surface area contributed by atoms with Crippen LogP contribution in [0.5, 0.6) is 17.2 Å². The van der Waals surface area contributed by atoms with Gasteiger partial charge >= 0.3 is 11.6 Å². The second kappa shape index (κ2) is 9.70. The number of carbonyl (C=O) groups is 1. The van der Waals surface area contributed by atoms with Crippen molar-refractivity contribution < 1.29 is 28.2 Å². The number of ether oxygens (including phenoxy) is 4. The van der Waals surface area contributed by atoms with Crippen molar-refractivity contribution >= 4 is 16.9 Å². The van der Waals surface area contributed by atoms with Crippen LogP contribution in [0.2, 0.25) is 0 Å². The number of fused-ring (bicyclic) bond motifs is 1. The van der Waals surface area contributed by atoms with Crippen LogP contribution in [0.25, 0.3) is 22.1 Å². The summed E-state index contributed by atoms with van der Waals surface area (Å²) in [5, 5.41) is 0.805. The number of methoxy groups -OCH3 is 3. The van der Waals surface area contributed by atoms with E-state index in [0.717, 1.165) is 16.5 Å². The Kier molecular flexibility index (Phi) is 6.54. The average molecular weight is 460 g/mol. The topological polar surface area (TPSA) is 84.2 Å². The van der Waals surface area contributed by atoms with Gasteiger partial charge in [0.2, 0.25) is 0 Å². The summed E-state index contributed by atoms with van der Waals surface area (Å²) >= 11 is 0. The van der Waals surface area contributed by atoms with Crippen LogP contribution in [-0.4, -0.2) is 27.3 Å². The first-order chi connectivity index (χ1) is 16.4. The first-order valence-electron chi connectivity index (χ1n) is 10.5. The Labute approximate surface area is 196 Å². The molecule has 0 fully saturated rings. The van der Waals surface area contributed by atoms with Crippen LogP contribution in [-0.2, 0) is 11.3 Å². The third kappa shape index (κ3) is 4.45. The Balaban J connectivity index is 1.61. The molecule has 0 saturated carbocycles. The van der Waals surface area contributed by atoms with E-state index < -0.39 is 5.63 Å². The van der Waals surface area contributed by atoms with Crippen molar-refractivity contribution in [3.8, 4) is 28.4 Å². The maximum absolute atomic E-state index is 12.9. The number of rotatable bonds is 7. The highest BCUT2D eigenvalue weighted by molar-refractivity contribution is 5.89. The van der Waals surface area contributed by atoms with Crippen molar-refractivity contribution in [1.82, 2.24) is 0 Å². The van der Waals surface area contributed by atoms with E-state index in [9.17, 15) is 9.59 Å². The maximum Gasteiger partial charge on any atom is 0.344 e. The van der Waals surface area contributed by atoms with Crippen LogP contribution in [0.15, 0.2) is 69.9 Å². The van der Waals surface area contributed by atoms with E-state index in [1.807, 2.05) is 19.1 Å². The average Bonchev–Trinajstić information content (AvgIpc) is 2.87. The van der Waals surface area contributed by atoms with Gasteiger partial charge in [0, 0.05) is 11.5 Å². The van der Waals surface area contributed by atoms with Crippen LogP contribution in [0.4, 0.5) is 0 Å². The number of carbonyl (C=O) groups excluding carboxylic acids is 1. The first-order valence-corrected chi connectivity index (χ1v) is 10.5. The quantitative estimate of drug-likeness (QED) is 0.278. The molecule has 3 aromatic carbocycles. The molecule has 4 rings (SSSR count). The van der Waals surface area contributed by atoms with Gasteiger partial charge in [0.25, 0.3) is 0 Å². The predicted molar refractivity (Wildman–Crippen MR) is 128 cm³/mol. The minimum absolute atomic E-state index is 0.292. The minimum Gasteiger partial charge on any atom is -0.493 e. The van der Waals surface area contributed by atoms with Crippen molar-refractivity contribution in [3.63, 3.8) is 0 Å². The van der Waals surface area contributed by atoms with E-state index in [2.05, 4.69) is 0 Å². The summed E-state index contributed by atoms with van der Waals surface area (Å²) in [5.74, 6) is 1.28. The van der Waals surface area contributed by atoms with Crippen LogP contribution < -0.4 is 19.8 Å². The molecule has 7 nitrogen and oxygen atoms in total. The molecule has 0 unspecified atom stereocenters. The molecule has 7 heteroatoms. The van der Waals surface area contributed by atoms with Crippen molar-refractivity contribution in [1.29, 1.82) is 0 Å². The van der Waals surface area contributed by atoms with E-state index in [0.29, 0.717) is 46.1 Å². The Morgan fingerprint density at radius 1 is 0.882 bits per heavy atom. The van der Waals surface area contributed by atoms with Crippen molar-refractivity contribution in [2.75, 3.05) is 21.3 Å². The standard InChI is InChI=1S/C27H24O7/c1-16-21-11-10-20(33-15-17-5-7-18(8-6-17)26(28)32-4)14-23(21)34-27(29)25(16)19-9-12-22(30-2)24(13-19)31-3/h5-14H,15H2,1-4H3. The molecule has 0 atom stereocenters. The molecular formula is C27H24O7. The summed E-state index contributed by atoms with van der Waals surface area (Å²) in [5.41, 5.74) is 3.28. The lowest BCUT2D eigenvalue weighted by Gasteiger charge is -2.12. The highest BCUT2D eigenvalue weighted by Crippen LogP contribution is 2.34. The minimum atomic E-state index is -0.451. The largest absolute Gasteiger partial charge is 0.493 e. The van der Waals surface area contributed by atoms with Gasteiger partial charge < -0.3 is 23.4 Å². The molecule has 0 spiro atoms. The Morgan fingerprint density at radius 2 is 1.62 bits per heavy atom. The summed E-state index contributed by atoms with van der Waals surface area (Å²) in [4.78, 5) is 24.5. The summed E-state index contributed by atoms with van der Waals surface area (Å²) in [6.07, 6.45) is 0. The molecule has 34 heavy (non-hydrogen) atoms. The summed E-state index contributed by atoms with van der Waals surface area (Å²) in [6, 6.07) is 17.7. The molecule has 0 N–H and O–H groups in total. The van der Waals surface area contributed by atoms with E-state index in [4.69, 9.17) is 23.4 Å². The second-order valence-corrected chi connectivity index (χ2v) is 7.59. The van der Waals surface area contributed by atoms with Gasteiger partial charge in [-0.3, -0.25) is 0 Å². The smallest absolute Gasteiger partial charge is 0.344 e. The van der Waals surface area contributed by atoms with Gasteiger partial charge in [-0.15, -0.1) is 0 Å². The number of benzene rings is 3. The Morgan fingerprint density at radius 3 is 2.29 bits per heavy atom. The molecule has 1 aromatic heterocycles. The number of aryl methyl sites for hydroxylation is 1. The number of esters is 1. The third-order valence-electron chi connectivity index (χ3n) is 5.59.